The summed E-state index contributed by atoms with van der Waals surface area (Å²) in [6.45, 7) is 0. The molecule has 14 heavy (non-hydrogen) atoms. The average Bonchev–Trinajstić information content (AvgIpc) is 2.01. The zero-order valence-corrected chi connectivity index (χ0v) is 6.80. The van der Waals surface area contributed by atoms with Gasteiger partial charge < -0.3 is 15.3 Å². The van der Waals surface area contributed by atoms with Gasteiger partial charge in [0.15, 0.2) is 5.75 Å². The first-order valence-electron chi connectivity index (χ1n) is 3.48. The van der Waals surface area contributed by atoms with Crippen molar-refractivity contribution in [1.82, 2.24) is 0 Å². The van der Waals surface area contributed by atoms with E-state index in [1.54, 1.807) is 0 Å². The number of nitrogen functional groups attached to an aromatic ring is 1. The van der Waals surface area contributed by atoms with E-state index in [-0.39, 0.29) is 5.69 Å². The summed E-state index contributed by atoms with van der Waals surface area (Å²) < 4.78 is 39.1. The molecule has 0 heterocycles. The first kappa shape index (κ1) is 10.5. The van der Waals surface area contributed by atoms with Crippen LogP contribution in [0, 0.1) is 0 Å². The summed E-state index contributed by atoms with van der Waals surface area (Å²) in [4.78, 5) is 0. The van der Waals surface area contributed by atoms with E-state index in [4.69, 9.17) is 10.9 Å². The number of ether oxygens (including phenoxy) is 1. The third-order valence-corrected chi connectivity index (χ3v) is 1.37. The van der Waals surface area contributed by atoms with Crippen LogP contribution in [0.2, 0.25) is 0 Å². The largest absolute Gasteiger partial charge is 0.573 e. The molecular weight excluding hydrogens is 201 g/mol. The Hall–Kier alpha value is -1.63. The number of phenols is 1. The Morgan fingerprint density at radius 2 is 2.00 bits per heavy atom. The maximum atomic E-state index is 11.8. The fourth-order valence-electron chi connectivity index (χ4n) is 0.874. The highest BCUT2D eigenvalue weighted by Gasteiger charge is 2.32. The van der Waals surface area contributed by atoms with Gasteiger partial charge in [-0.05, 0) is 12.1 Å². The summed E-state index contributed by atoms with van der Waals surface area (Å²) in [6, 6.07) is 3.41. The number of phenolic OH excluding ortho intramolecular Hbond substituents is 1. The first-order chi connectivity index (χ1) is 6.44. The molecule has 0 atom stereocenters. The molecule has 0 fully saturated rings. The van der Waals surface area contributed by atoms with Gasteiger partial charge in [-0.15, -0.1) is 13.2 Å². The van der Waals surface area contributed by atoms with E-state index < -0.39 is 17.9 Å². The van der Waals surface area contributed by atoms with Crippen molar-refractivity contribution in [3.63, 3.8) is 0 Å². The number of para-hydroxylation sites is 1. The van der Waals surface area contributed by atoms with Gasteiger partial charge in [-0.2, -0.15) is 0 Å². The van der Waals surface area contributed by atoms with Gasteiger partial charge in [0.1, 0.15) is 11.4 Å². The van der Waals surface area contributed by atoms with Crippen molar-refractivity contribution in [3.8, 4) is 11.5 Å². The predicted molar refractivity (Wildman–Crippen MR) is 42.6 cm³/mol. The number of aromatic hydroxyl groups is 1. The highest BCUT2D eigenvalue weighted by Crippen LogP contribution is 2.35. The molecule has 0 unspecified atom stereocenters. The summed E-state index contributed by atoms with van der Waals surface area (Å²) >= 11 is 0. The number of nitrogens with two attached hydrogens (primary N) is 1. The summed E-state index contributed by atoms with van der Waals surface area (Å²) in [6.07, 6.45) is -4.82. The van der Waals surface area contributed by atoms with Crippen molar-refractivity contribution in [2.45, 2.75) is 6.36 Å². The lowest BCUT2D eigenvalue weighted by atomic mass is 10.3. The molecule has 0 saturated carbocycles. The van der Waals surface area contributed by atoms with Crippen LogP contribution in [0.5, 0.6) is 11.5 Å². The lowest BCUT2D eigenvalue weighted by Gasteiger charge is -2.13. The Labute approximate surface area is 77.1 Å². The minimum Gasteiger partial charge on any atom is -0.506 e. The second kappa shape index (κ2) is 3.62. The van der Waals surface area contributed by atoms with Crippen molar-refractivity contribution < 1.29 is 23.0 Å². The minimum absolute atomic E-state index is 0.315. The standard InChI is InChI=1S/C7H7F3N2O2/c8-7(9,10)14-5-3-1-2-4(13)6(5)12-11/h1-3,12-13H,11H2. The van der Waals surface area contributed by atoms with E-state index in [1.165, 1.54) is 12.1 Å². The maximum absolute atomic E-state index is 11.8. The van der Waals surface area contributed by atoms with Gasteiger partial charge in [0, 0.05) is 0 Å². The fraction of sp³-hybridized carbons (Fsp3) is 0.143. The van der Waals surface area contributed by atoms with Gasteiger partial charge in [-0.25, -0.2) is 0 Å². The summed E-state index contributed by atoms with van der Waals surface area (Å²) in [5.41, 5.74) is 1.60. The second-order valence-corrected chi connectivity index (χ2v) is 2.34. The van der Waals surface area contributed by atoms with Crippen LogP contribution in [0.25, 0.3) is 0 Å². The molecule has 7 heteroatoms. The van der Waals surface area contributed by atoms with E-state index in [1.807, 2.05) is 5.43 Å². The molecule has 1 aromatic rings. The van der Waals surface area contributed by atoms with Crippen LogP contribution < -0.4 is 16.0 Å². The van der Waals surface area contributed by atoms with Crippen molar-refractivity contribution in [1.29, 1.82) is 0 Å². The molecule has 0 bridgehead atoms. The summed E-state index contributed by atoms with van der Waals surface area (Å²) in [7, 11) is 0. The molecule has 0 aliphatic carbocycles. The molecule has 1 aromatic carbocycles. The van der Waals surface area contributed by atoms with Crippen molar-refractivity contribution >= 4 is 5.69 Å². The van der Waals surface area contributed by atoms with Crippen LogP contribution in [0.15, 0.2) is 18.2 Å². The number of nitrogens with one attached hydrogen (secondary N) is 1. The topological polar surface area (TPSA) is 67.5 Å². The molecule has 0 spiro atoms. The highest BCUT2D eigenvalue weighted by atomic mass is 19.4. The molecule has 1 rings (SSSR count). The molecule has 0 aromatic heterocycles. The fourth-order valence-corrected chi connectivity index (χ4v) is 0.874. The Morgan fingerprint density at radius 1 is 1.36 bits per heavy atom. The number of benzene rings is 1. The van der Waals surface area contributed by atoms with E-state index in [2.05, 4.69) is 4.74 Å². The molecule has 4 N–H and O–H groups in total. The summed E-state index contributed by atoms with van der Waals surface area (Å²) in [5.74, 6) is 3.91. The van der Waals surface area contributed by atoms with E-state index in [0.717, 1.165) is 6.07 Å². The van der Waals surface area contributed by atoms with Crippen LogP contribution in [-0.4, -0.2) is 11.5 Å². The highest BCUT2D eigenvalue weighted by molar-refractivity contribution is 5.64. The summed E-state index contributed by atoms with van der Waals surface area (Å²) in [5, 5.41) is 9.10. The van der Waals surface area contributed by atoms with E-state index in [9.17, 15) is 13.2 Å². The van der Waals surface area contributed by atoms with Crippen LogP contribution >= 0.6 is 0 Å². The molecular formula is C7H7F3N2O2. The van der Waals surface area contributed by atoms with Gasteiger partial charge in [0.2, 0.25) is 0 Å². The van der Waals surface area contributed by atoms with Gasteiger partial charge in [-0.1, -0.05) is 6.07 Å². The second-order valence-electron chi connectivity index (χ2n) is 2.34. The number of alkyl halides is 3. The van der Waals surface area contributed by atoms with Crippen molar-refractivity contribution in [3.05, 3.63) is 18.2 Å². The number of hydrazine groups is 1. The van der Waals surface area contributed by atoms with Gasteiger partial charge in [0.25, 0.3) is 0 Å². The third kappa shape index (κ3) is 2.43. The number of anilines is 1. The molecule has 78 valence electrons. The number of halogens is 3. The van der Waals surface area contributed by atoms with Gasteiger partial charge in [-0.3, -0.25) is 5.84 Å². The van der Waals surface area contributed by atoms with Gasteiger partial charge >= 0.3 is 6.36 Å². The minimum atomic E-state index is -4.82. The van der Waals surface area contributed by atoms with Crippen molar-refractivity contribution in [2.24, 2.45) is 5.84 Å². The monoisotopic (exact) mass is 208 g/mol. The smallest absolute Gasteiger partial charge is 0.506 e. The van der Waals surface area contributed by atoms with E-state index >= 15 is 0 Å². The van der Waals surface area contributed by atoms with Gasteiger partial charge in [0.05, 0.1) is 0 Å². The molecule has 0 aliphatic rings. The number of hydrogen-bond acceptors (Lipinski definition) is 4. The van der Waals surface area contributed by atoms with Crippen LogP contribution in [0.4, 0.5) is 18.9 Å². The SMILES string of the molecule is NNc1c(O)cccc1OC(F)(F)F. The van der Waals surface area contributed by atoms with E-state index in [0.29, 0.717) is 0 Å². The normalized spacial score (nSPS) is 11.1. The Kier molecular flexibility index (Phi) is 2.70. The van der Waals surface area contributed by atoms with Crippen LogP contribution in [0.1, 0.15) is 0 Å². The Morgan fingerprint density at radius 3 is 2.50 bits per heavy atom. The predicted octanol–water partition coefficient (Wildman–Crippen LogP) is 1.58. The molecule has 0 aliphatic heterocycles. The molecule has 0 radical (unpaired) electrons. The zero-order chi connectivity index (χ0) is 10.8. The molecule has 4 nitrogen and oxygen atoms in total. The number of hydrogen-bond donors (Lipinski definition) is 3. The van der Waals surface area contributed by atoms with Crippen LogP contribution in [-0.2, 0) is 0 Å². The Balaban J connectivity index is 3.02. The Bertz CT molecular complexity index is 327. The maximum Gasteiger partial charge on any atom is 0.573 e. The quantitative estimate of drug-likeness (QED) is 0.392. The third-order valence-electron chi connectivity index (χ3n) is 1.37. The lowest BCUT2D eigenvalue weighted by molar-refractivity contribution is -0.274. The first-order valence-corrected chi connectivity index (χ1v) is 3.48. The average molecular weight is 208 g/mol. The lowest BCUT2D eigenvalue weighted by Crippen LogP contribution is -2.19. The molecule has 0 amide bonds. The van der Waals surface area contributed by atoms with Crippen molar-refractivity contribution in [2.75, 3.05) is 5.43 Å². The molecule has 0 saturated heterocycles. The zero-order valence-electron chi connectivity index (χ0n) is 6.80. The van der Waals surface area contributed by atoms with Crippen LogP contribution in [0.3, 0.4) is 0 Å². The number of rotatable bonds is 2.